The van der Waals surface area contributed by atoms with Crippen molar-refractivity contribution in [1.82, 2.24) is 63.0 Å². The van der Waals surface area contributed by atoms with Gasteiger partial charge < -0.3 is 68.0 Å². The zero-order valence-electron chi connectivity index (χ0n) is 79.7. The number of hydrogen-bond acceptors (Lipinski definition) is 20. The highest BCUT2D eigenvalue weighted by Gasteiger charge is 2.31. The second kappa shape index (κ2) is 43.5. The highest BCUT2D eigenvalue weighted by atomic mass is 16.6. The molecule has 0 saturated heterocycles. The normalized spacial score (nSPS) is 12.3. The number of esters is 1. The number of Topliss-reactive ketones (excluding diaryl/α,β-unsaturated/α-hetero) is 4. The van der Waals surface area contributed by atoms with Gasteiger partial charge in [-0.05, 0) is 236 Å². The van der Waals surface area contributed by atoms with E-state index in [4.69, 9.17) is 4.74 Å². The van der Waals surface area contributed by atoms with Crippen molar-refractivity contribution < 1.29 is 58.4 Å². The van der Waals surface area contributed by atoms with Crippen LogP contribution in [0, 0.1) is 27.2 Å². The molecule has 6 aromatic heterocycles. The van der Waals surface area contributed by atoms with Gasteiger partial charge in [0, 0.05) is 264 Å². The summed E-state index contributed by atoms with van der Waals surface area (Å²) in [6.07, 6.45) is 4.45. The molecule has 0 fully saturated rings. The van der Waals surface area contributed by atoms with Crippen molar-refractivity contribution in [1.29, 1.82) is 0 Å². The number of fused-ring (bicyclic) bond motifs is 19. The Balaban J connectivity index is 0.000000136. The van der Waals surface area contributed by atoms with E-state index in [1.807, 2.05) is 104 Å². The maximum atomic E-state index is 12.2. The molecule has 0 radical (unpaired) electrons. The molecule has 16 aromatic rings. The first-order chi connectivity index (χ1) is 65.7. The van der Waals surface area contributed by atoms with Gasteiger partial charge in [-0.3, -0.25) is 49.0 Å². The van der Waals surface area contributed by atoms with Crippen LogP contribution in [0.2, 0.25) is 0 Å². The number of hydrogen-bond donors (Lipinski definition) is 4. The van der Waals surface area contributed by atoms with E-state index < -0.39 is 22.4 Å². The number of benzene rings is 10. The molecule has 706 valence electrons. The van der Waals surface area contributed by atoms with Gasteiger partial charge in [0.15, 0.2) is 23.1 Å². The van der Waals surface area contributed by atoms with Gasteiger partial charge in [-0.25, -0.2) is 14.8 Å². The molecule has 0 unspecified atom stereocenters. The number of amides is 2. The number of carbonyl (C=O) groups excluding carboxylic acids is 7. The van der Waals surface area contributed by atoms with Gasteiger partial charge in [0.25, 0.3) is 23.2 Å². The summed E-state index contributed by atoms with van der Waals surface area (Å²) in [5, 5.41) is 55.9. The van der Waals surface area contributed by atoms with Crippen molar-refractivity contribution in [2.24, 2.45) is 0 Å². The molecule has 29 nitrogen and oxygen atoms in total. The van der Waals surface area contributed by atoms with Crippen LogP contribution in [-0.4, -0.2) is 226 Å². The SMILES string of the molecule is CCN(CC)CCn1c2ccc(C(=O)CO)cc2c2cc(C(=O)OC)ccc21.CCN(CC)CCn1c2ccc(C(=O)NC)cc2c2cc(C(=O)NC)ccc21.CCN(CC)CCn1c2ccc(C(C)=O)cc2c2cc(-c3ccnc(C)n3)ccc21.CCN(CC)CCn1c2ccc([N+](=O)[O-])cc2c2cc([N+](=O)[O-])ccc21.O=C1CCc2c1ccc1c2c2c3c(ccc2n1CCO)C(=O)CC3. The largest absolute Gasteiger partial charge is 0.465 e. The molecule has 10 aromatic carbocycles. The predicted octanol–water partition coefficient (Wildman–Crippen LogP) is 18.1. The fourth-order valence-corrected chi connectivity index (χ4v) is 19.3. The maximum Gasteiger partial charge on any atom is 0.337 e. The van der Waals surface area contributed by atoms with E-state index in [1.165, 1.54) is 36.9 Å². The van der Waals surface area contributed by atoms with Crippen LogP contribution in [0.1, 0.15) is 165 Å². The number of ether oxygens (including phenoxy) is 1. The van der Waals surface area contributed by atoms with E-state index in [0.29, 0.717) is 59.0 Å². The fraction of sp³-hybridized carbons (Fsp3) is 0.336. The van der Waals surface area contributed by atoms with Crippen molar-refractivity contribution >= 4 is 161 Å². The van der Waals surface area contributed by atoms with Gasteiger partial charge in [0.2, 0.25) is 0 Å². The molecule has 4 N–H and O–H groups in total. The van der Waals surface area contributed by atoms with Crippen molar-refractivity contribution in [2.45, 2.75) is 128 Å². The third kappa shape index (κ3) is 20.0. The molecule has 0 atom stereocenters. The number of nitrogens with zero attached hydrogens (tertiary/aromatic N) is 13. The summed E-state index contributed by atoms with van der Waals surface area (Å²) in [5.41, 5.74) is 19.0. The number of likely N-dealkylation sites (N-methyl/N-ethyl adjacent to an activating group) is 4. The van der Waals surface area contributed by atoms with Crippen LogP contribution < -0.4 is 10.6 Å². The van der Waals surface area contributed by atoms with Crippen LogP contribution in [-0.2, 0) is 50.3 Å². The molecule has 29 heteroatoms. The maximum absolute atomic E-state index is 12.2. The number of rotatable bonds is 31. The minimum Gasteiger partial charge on any atom is -0.465 e. The van der Waals surface area contributed by atoms with Crippen LogP contribution in [0.25, 0.3) is 120 Å². The van der Waals surface area contributed by atoms with Crippen LogP contribution >= 0.6 is 0 Å². The Kier molecular flexibility index (Phi) is 31.3. The third-order valence-corrected chi connectivity index (χ3v) is 26.9. The zero-order chi connectivity index (χ0) is 97.0. The summed E-state index contributed by atoms with van der Waals surface area (Å²) >= 11 is 0. The number of nitro groups is 2. The van der Waals surface area contributed by atoms with Crippen molar-refractivity contribution in [3.8, 4) is 11.3 Å². The number of methoxy groups -OCH3 is 1. The van der Waals surface area contributed by atoms with Gasteiger partial charge in [-0.1, -0.05) is 61.5 Å². The van der Waals surface area contributed by atoms with Crippen LogP contribution in [0.4, 0.5) is 11.4 Å². The first-order valence-electron chi connectivity index (χ1n) is 46.9. The topological polar surface area (TPSA) is 343 Å². The summed E-state index contributed by atoms with van der Waals surface area (Å²) in [4.78, 5) is 124. The van der Waals surface area contributed by atoms with E-state index in [9.17, 15) is 64.0 Å². The molecule has 2 amide bonds. The minimum atomic E-state index is -0.528. The van der Waals surface area contributed by atoms with Crippen LogP contribution in [0.3, 0.4) is 0 Å². The number of aliphatic hydroxyl groups excluding tert-OH is 2. The number of aromatic nitrogens is 7. The first kappa shape index (κ1) is 97.9. The van der Waals surface area contributed by atoms with Gasteiger partial charge in [0.1, 0.15) is 12.4 Å². The highest BCUT2D eigenvalue weighted by molar-refractivity contribution is 6.20. The molecular formula is C107H119N15O14. The lowest BCUT2D eigenvalue weighted by Crippen LogP contribution is -2.27. The summed E-state index contributed by atoms with van der Waals surface area (Å²) in [6.45, 7) is 35.7. The van der Waals surface area contributed by atoms with E-state index in [1.54, 1.807) is 57.5 Å². The quantitative estimate of drug-likeness (QED) is 0.0136. The molecule has 6 heterocycles. The number of nitrogens with one attached hydrogen (secondary N) is 2. The fourth-order valence-electron chi connectivity index (χ4n) is 19.3. The summed E-state index contributed by atoms with van der Waals surface area (Å²) in [6, 6.07) is 54.2. The number of ketones is 4. The van der Waals surface area contributed by atoms with Gasteiger partial charge in [0.05, 0.1) is 34.8 Å². The minimum absolute atomic E-state index is 0.0215. The van der Waals surface area contributed by atoms with Gasteiger partial charge >= 0.3 is 5.97 Å². The molecule has 18 rings (SSSR count). The van der Waals surface area contributed by atoms with Crippen molar-refractivity contribution in [3.05, 3.63) is 258 Å². The zero-order valence-corrected chi connectivity index (χ0v) is 79.7. The van der Waals surface area contributed by atoms with E-state index in [2.05, 4.69) is 143 Å². The molecule has 136 heavy (non-hydrogen) atoms. The summed E-state index contributed by atoms with van der Waals surface area (Å²) in [7, 11) is 4.62. The lowest BCUT2D eigenvalue weighted by Gasteiger charge is -2.19. The number of non-ortho nitro benzene ring substituents is 2. The molecule has 2 aliphatic rings. The van der Waals surface area contributed by atoms with Crippen LogP contribution in [0.15, 0.2) is 182 Å². The van der Waals surface area contributed by atoms with Crippen LogP contribution in [0.5, 0.6) is 0 Å². The smallest absolute Gasteiger partial charge is 0.337 e. The number of carbonyl (C=O) groups is 7. The Morgan fingerprint density at radius 1 is 0.412 bits per heavy atom. The predicted molar refractivity (Wildman–Crippen MR) is 539 cm³/mol. The van der Waals surface area contributed by atoms with E-state index in [0.717, 1.165) is 249 Å². The van der Waals surface area contributed by atoms with Gasteiger partial charge in [-0.15, -0.1) is 0 Å². The Morgan fingerprint density at radius 2 is 0.735 bits per heavy atom. The van der Waals surface area contributed by atoms with Crippen molar-refractivity contribution in [3.63, 3.8) is 0 Å². The third-order valence-electron chi connectivity index (χ3n) is 26.9. The van der Waals surface area contributed by atoms with E-state index >= 15 is 0 Å². The highest BCUT2D eigenvalue weighted by Crippen LogP contribution is 2.43. The molecule has 0 bridgehead atoms. The molecule has 0 spiro atoms. The Hall–Kier alpha value is -14.1. The molecule has 0 saturated carbocycles. The molecule has 0 aliphatic heterocycles. The monoisotopic (exact) mass is 1840 g/mol. The summed E-state index contributed by atoms with van der Waals surface area (Å²) in [5.74, 6) is 0.305. The second-order valence-electron chi connectivity index (χ2n) is 34.0. The summed E-state index contributed by atoms with van der Waals surface area (Å²) < 4.78 is 15.9. The Bertz CT molecular complexity index is 6840. The van der Waals surface area contributed by atoms with Crippen molar-refractivity contribution in [2.75, 3.05) is 113 Å². The standard InChI is InChI=1S/C25H28N4O.C22H28N4O2.C22H26N2O4.C20H17NO3.C18H20N4O4/c1-5-28(6-2)13-14-29-24-9-7-19(17(3)30)15-21(24)22-16-20(8-10-25(22)29)23-11-12-26-18(4)27-23;1-5-25(6-2)11-12-26-19-9-7-15(21(27)23-3)13-17(19)18-14-16(22(28)24-4)8-10-20(18)26;1-4-23(5-2)10-11-24-19-8-6-15(21(26)14-25)12-17(19)18-13-16(22(27)28-3)7-9-20(18)24;22-10-9-21-15-5-1-11-13(3-7-17(11)23)19(15)20-14-4-8-18(24)12(14)2-6-16(20)21;1-3-19(4-2)9-10-20-17-7-5-13(21(23)24)11-15(17)16-12-14(22(25)26)6-8-18(16)20/h7-12,15-16H,5-6,13-14H2,1-4H3;7-10,13-14H,5-6,11-12H2,1-4H3,(H,23,27)(H,24,28);6-9,12-13,25H,4-5,10-11,14H2,1-3H3;1-2,5-6,22H,3-4,7-10H2;5-8,11-12H,3-4,9-10H2,1-2H3. The lowest BCUT2D eigenvalue weighted by atomic mass is 9.98. The second-order valence-corrected chi connectivity index (χ2v) is 34.0. The number of nitro benzene ring substituents is 2. The molecule has 2 aliphatic carbocycles. The van der Waals surface area contributed by atoms with Gasteiger partial charge in [-0.2, -0.15) is 0 Å². The average molecular weight is 1840 g/mol. The number of aryl methyl sites for hydroxylation is 3. The average Bonchev–Trinajstić information content (AvgIpc) is 1.55. The Morgan fingerprint density at radius 3 is 1.09 bits per heavy atom. The number of aliphatic hydroxyl groups is 2. The molecular weight excluding hydrogens is 1720 g/mol. The lowest BCUT2D eigenvalue weighted by molar-refractivity contribution is -0.385. The first-order valence-corrected chi connectivity index (χ1v) is 46.9. The van der Waals surface area contributed by atoms with E-state index in [-0.39, 0.29) is 52.9 Å². The Labute approximate surface area is 788 Å².